The van der Waals surface area contributed by atoms with Gasteiger partial charge in [-0.3, -0.25) is 0 Å². The van der Waals surface area contributed by atoms with E-state index in [1.807, 2.05) is 6.92 Å². The Morgan fingerprint density at radius 1 is 1.50 bits per heavy atom. The number of hydrogen-bond donors (Lipinski definition) is 1. The summed E-state index contributed by atoms with van der Waals surface area (Å²) < 4.78 is 5.27. The molecule has 1 saturated heterocycles. The van der Waals surface area contributed by atoms with Gasteiger partial charge in [0.2, 0.25) is 0 Å². The van der Waals surface area contributed by atoms with Gasteiger partial charge in [-0.25, -0.2) is 0 Å². The highest BCUT2D eigenvalue weighted by atomic mass is 16.5. The van der Waals surface area contributed by atoms with Crippen LogP contribution >= 0.6 is 0 Å². The van der Waals surface area contributed by atoms with E-state index < -0.39 is 0 Å². The lowest BCUT2D eigenvalue weighted by Gasteiger charge is -2.05. The van der Waals surface area contributed by atoms with Crippen molar-refractivity contribution in [2.75, 3.05) is 6.54 Å². The number of rotatable bonds is 1. The summed E-state index contributed by atoms with van der Waals surface area (Å²) in [6.45, 7) is 5.16. The standard InChI is InChI=1S/C9H14N2O/c1-6-7(2)11-12-9(6)8-4-3-5-10-8/h8,10H,3-5H2,1-2H3. The highest BCUT2D eigenvalue weighted by Crippen LogP contribution is 2.26. The predicted octanol–water partition coefficient (Wildman–Crippen LogP) is 1.72. The second-order valence-corrected chi connectivity index (χ2v) is 3.41. The van der Waals surface area contributed by atoms with E-state index in [-0.39, 0.29) is 0 Å². The van der Waals surface area contributed by atoms with Gasteiger partial charge in [0.15, 0.2) is 5.76 Å². The van der Waals surface area contributed by atoms with Crippen LogP contribution in [0.5, 0.6) is 0 Å². The van der Waals surface area contributed by atoms with Crippen LogP contribution in [0.15, 0.2) is 4.52 Å². The largest absolute Gasteiger partial charge is 0.359 e. The summed E-state index contributed by atoms with van der Waals surface area (Å²) in [4.78, 5) is 0. The molecule has 3 heteroatoms. The summed E-state index contributed by atoms with van der Waals surface area (Å²) in [7, 11) is 0. The van der Waals surface area contributed by atoms with E-state index in [9.17, 15) is 0 Å². The van der Waals surface area contributed by atoms with Crippen molar-refractivity contribution in [3.05, 3.63) is 17.0 Å². The van der Waals surface area contributed by atoms with E-state index in [0.717, 1.165) is 18.0 Å². The van der Waals surface area contributed by atoms with Gasteiger partial charge in [0.25, 0.3) is 0 Å². The second kappa shape index (κ2) is 2.90. The third-order valence-electron chi connectivity index (χ3n) is 2.57. The molecule has 1 fully saturated rings. The summed E-state index contributed by atoms with van der Waals surface area (Å²) in [6.07, 6.45) is 2.42. The molecule has 1 unspecified atom stereocenters. The van der Waals surface area contributed by atoms with E-state index in [1.165, 1.54) is 18.4 Å². The molecule has 66 valence electrons. The molecule has 0 bridgehead atoms. The molecule has 1 atom stereocenters. The number of nitrogens with zero attached hydrogens (tertiary/aromatic N) is 1. The highest BCUT2D eigenvalue weighted by molar-refractivity contribution is 5.22. The molecular weight excluding hydrogens is 152 g/mol. The topological polar surface area (TPSA) is 38.1 Å². The summed E-state index contributed by atoms with van der Waals surface area (Å²) >= 11 is 0. The third-order valence-corrected chi connectivity index (χ3v) is 2.57. The van der Waals surface area contributed by atoms with Gasteiger partial charge in [-0.2, -0.15) is 0 Å². The van der Waals surface area contributed by atoms with Crippen LogP contribution in [0.25, 0.3) is 0 Å². The van der Waals surface area contributed by atoms with Crippen LogP contribution in [-0.2, 0) is 0 Å². The van der Waals surface area contributed by atoms with Crippen LogP contribution in [0.1, 0.15) is 35.9 Å². The summed E-state index contributed by atoms with van der Waals surface area (Å²) in [6, 6.07) is 0.409. The SMILES string of the molecule is Cc1noc(C2CCCN2)c1C. The molecular formula is C9H14N2O. The fourth-order valence-electron chi connectivity index (χ4n) is 1.67. The Morgan fingerprint density at radius 2 is 2.33 bits per heavy atom. The third kappa shape index (κ3) is 1.14. The average molecular weight is 166 g/mol. The molecule has 1 aliphatic heterocycles. The first kappa shape index (κ1) is 7.80. The van der Waals surface area contributed by atoms with Crippen molar-refractivity contribution >= 4 is 0 Å². The molecule has 1 aromatic rings. The zero-order chi connectivity index (χ0) is 8.55. The zero-order valence-corrected chi connectivity index (χ0v) is 7.55. The number of aryl methyl sites for hydroxylation is 1. The Morgan fingerprint density at radius 3 is 2.83 bits per heavy atom. The Balaban J connectivity index is 2.26. The van der Waals surface area contributed by atoms with Gasteiger partial charge < -0.3 is 9.84 Å². The van der Waals surface area contributed by atoms with Crippen molar-refractivity contribution in [1.29, 1.82) is 0 Å². The molecule has 0 aliphatic carbocycles. The molecule has 2 rings (SSSR count). The molecule has 1 N–H and O–H groups in total. The average Bonchev–Trinajstić information content (AvgIpc) is 2.64. The van der Waals surface area contributed by atoms with Crippen molar-refractivity contribution < 1.29 is 4.52 Å². The summed E-state index contributed by atoms with van der Waals surface area (Å²) in [5.41, 5.74) is 2.22. The first-order valence-electron chi connectivity index (χ1n) is 4.45. The van der Waals surface area contributed by atoms with Gasteiger partial charge in [0.05, 0.1) is 11.7 Å². The molecule has 2 heterocycles. The van der Waals surface area contributed by atoms with E-state index >= 15 is 0 Å². The predicted molar refractivity (Wildman–Crippen MR) is 46.0 cm³/mol. The van der Waals surface area contributed by atoms with E-state index in [0.29, 0.717) is 6.04 Å². The molecule has 0 spiro atoms. The smallest absolute Gasteiger partial charge is 0.156 e. The van der Waals surface area contributed by atoms with Gasteiger partial charge in [0.1, 0.15) is 0 Å². The fraction of sp³-hybridized carbons (Fsp3) is 0.667. The number of aromatic nitrogens is 1. The molecule has 0 aromatic carbocycles. The van der Waals surface area contributed by atoms with E-state index in [1.54, 1.807) is 0 Å². The Kier molecular flexibility index (Phi) is 1.89. The Hall–Kier alpha value is -0.830. The maximum atomic E-state index is 5.27. The van der Waals surface area contributed by atoms with Crippen molar-refractivity contribution in [2.45, 2.75) is 32.7 Å². The Labute approximate surface area is 72.1 Å². The van der Waals surface area contributed by atoms with Crippen LogP contribution in [0.4, 0.5) is 0 Å². The number of hydrogen-bond acceptors (Lipinski definition) is 3. The van der Waals surface area contributed by atoms with E-state index in [2.05, 4.69) is 17.4 Å². The van der Waals surface area contributed by atoms with Crippen molar-refractivity contribution in [3.8, 4) is 0 Å². The van der Waals surface area contributed by atoms with Crippen LogP contribution in [0, 0.1) is 13.8 Å². The molecule has 0 amide bonds. The number of nitrogens with one attached hydrogen (secondary N) is 1. The molecule has 3 nitrogen and oxygen atoms in total. The van der Waals surface area contributed by atoms with Gasteiger partial charge in [-0.15, -0.1) is 0 Å². The lowest BCUT2D eigenvalue weighted by Crippen LogP contribution is -2.12. The minimum absolute atomic E-state index is 0.409. The lowest BCUT2D eigenvalue weighted by molar-refractivity contribution is 0.348. The fourth-order valence-corrected chi connectivity index (χ4v) is 1.67. The minimum Gasteiger partial charge on any atom is -0.359 e. The Bertz CT molecular complexity index is 274. The van der Waals surface area contributed by atoms with Gasteiger partial charge in [-0.1, -0.05) is 5.16 Å². The first-order valence-corrected chi connectivity index (χ1v) is 4.45. The highest BCUT2D eigenvalue weighted by Gasteiger charge is 2.22. The summed E-state index contributed by atoms with van der Waals surface area (Å²) in [5, 5.41) is 7.34. The van der Waals surface area contributed by atoms with Gasteiger partial charge in [-0.05, 0) is 33.2 Å². The van der Waals surface area contributed by atoms with Crippen LogP contribution in [0.3, 0.4) is 0 Å². The van der Waals surface area contributed by atoms with Crippen molar-refractivity contribution in [1.82, 2.24) is 10.5 Å². The zero-order valence-electron chi connectivity index (χ0n) is 7.55. The van der Waals surface area contributed by atoms with Crippen molar-refractivity contribution in [3.63, 3.8) is 0 Å². The van der Waals surface area contributed by atoms with E-state index in [4.69, 9.17) is 4.52 Å². The quantitative estimate of drug-likeness (QED) is 0.690. The van der Waals surface area contributed by atoms with Crippen LogP contribution in [-0.4, -0.2) is 11.7 Å². The molecule has 12 heavy (non-hydrogen) atoms. The molecule has 0 radical (unpaired) electrons. The summed E-state index contributed by atoms with van der Waals surface area (Å²) in [5.74, 6) is 1.03. The molecule has 1 aliphatic rings. The van der Waals surface area contributed by atoms with Gasteiger partial charge in [0, 0.05) is 5.56 Å². The maximum Gasteiger partial charge on any atom is 0.156 e. The minimum atomic E-state index is 0.409. The maximum absolute atomic E-state index is 5.27. The molecule has 0 saturated carbocycles. The lowest BCUT2D eigenvalue weighted by atomic mass is 10.1. The monoisotopic (exact) mass is 166 g/mol. The van der Waals surface area contributed by atoms with Crippen LogP contribution in [0.2, 0.25) is 0 Å². The second-order valence-electron chi connectivity index (χ2n) is 3.41. The molecule has 1 aromatic heterocycles. The van der Waals surface area contributed by atoms with Gasteiger partial charge >= 0.3 is 0 Å². The first-order chi connectivity index (χ1) is 5.79. The van der Waals surface area contributed by atoms with Crippen molar-refractivity contribution in [2.24, 2.45) is 0 Å². The normalized spacial score (nSPS) is 23.3. The van der Waals surface area contributed by atoms with Crippen LogP contribution < -0.4 is 5.32 Å².